The van der Waals surface area contributed by atoms with E-state index in [1.807, 2.05) is 30.3 Å². The third kappa shape index (κ3) is 5.13. The molecule has 3 rings (SSSR count). The molecule has 9 heteroatoms. The largest absolute Gasteiger partial charge is 0.476 e. The molecule has 1 atom stereocenters. The Labute approximate surface area is 160 Å². The molecule has 2 aromatic rings. The number of hydrogen-bond acceptors (Lipinski definition) is 4. The fraction of sp³-hybridized carbons (Fsp3) is 0.368. The molecule has 0 saturated carbocycles. The average molecular weight is 395 g/mol. The van der Waals surface area contributed by atoms with Gasteiger partial charge >= 0.3 is 12.3 Å². The van der Waals surface area contributed by atoms with Crippen LogP contribution in [0.3, 0.4) is 0 Å². The summed E-state index contributed by atoms with van der Waals surface area (Å²) >= 11 is 0. The lowest BCUT2D eigenvalue weighted by molar-refractivity contribution is -0.141. The van der Waals surface area contributed by atoms with Crippen LogP contribution in [0.2, 0.25) is 0 Å². The van der Waals surface area contributed by atoms with Crippen molar-refractivity contribution in [2.24, 2.45) is 0 Å². The number of carboxylic acid groups (broad SMARTS) is 1. The SMILES string of the molecule is O=C(O)N1CCN(Cc2ccccc2)[C@H](COc2cccc(C(F)(F)F)n2)C1. The summed E-state index contributed by atoms with van der Waals surface area (Å²) in [5.41, 5.74) is 0.0374. The van der Waals surface area contributed by atoms with E-state index in [1.165, 1.54) is 17.0 Å². The van der Waals surface area contributed by atoms with Gasteiger partial charge in [0.05, 0.1) is 6.04 Å². The van der Waals surface area contributed by atoms with Gasteiger partial charge < -0.3 is 14.7 Å². The van der Waals surface area contributed by atoms with Crippen LogP contribution in [0.1, 0.15) is 11.3 Å². The van der Waals surface area contributed by atoms with Crippen LogP contribution in [0.25, 0.3) is 0 Å². The van der Waals surface area contributed by atoms with Crippen LogP contribution in [0.4, 0.5) is 18.0 Å². The minimum absolute atomic E-state index is 0.0327. The van der Waals surface area contributed by atoms with Gasteiger partial charge in [-0.2, -0.15) is 13.2 Å². The molecule has 0 spiro atoms. The highest BCUT2D eigenvalue weighted by molar-refractivity contribution is 5.65. The third-order valence-electron chi connectivity index (χ3n) is 4.54. The van der Waals surface area contributed by atoms with Crippen molar-refractivity contribution in [2.75, 3.05) is 26.2 Å². The van der Waals surface area contributed by atoms with Crippen molar-refractivity contribution in [1.82, 2.24) is 14.8 Å². The van der Waals surface area contributed by atoms with Gasteiger partial charge in [-0.25, -0.2) is 9.78 Å². The van der Waals surface area contributed by atoms with E-state index in [-0.39, 0.29) is 25.1 Å². The fourth-order valence-electron chi connectivity index (χ4n) is 3.09. The maximum absolute atomic E-state index is 12.8. The fourth-order valence-corrected chi connectivity index (χ4v) is 3.09. The maximum Gasteiger partial charge on any atom is 0.433 e. The summed E-state index contributed by atoms with van der Waals surface area (Å²) in [5, 5.41) is 9.27. The Balaban J connectivity index is 1.70. The van der Waals surface area contributed by atoms with Crippen LogP contribution < -0.4 is 4.74 Å². The van der Waals surface area contributed by atoms with Crippen molar-refractivity contribution in [3.8, 4) is 5.88 Å². The van der Waals surface area contributed by atoms with Gasteiger partial charge in [-0.05, 0) is 11.6 Å². The quantitative estimate of drug-likeness (QED) is 0.841. The van der Waals surface area contributed by atoms with Crippen molar-refractivity contribution in [3.05, 3.63) is 59.8 Å². The molecule has 0 unspecified atom stereocenters. The van der Waals surface area contributed by atoms with E-state index in [4.69, 9.17) is 4.74 Å². The van der Waals surface area contributed by atoms with Crippen molar-refractivity contribution in [2.45, 2.75) is 18.8 Å². The highest BCUT2D eigenvalue weighted by Crippen LogP contribution is 2.28. The first-order chi connectivity index (χ1) is 13.3. The number of aromatic nitrogens is 1. The molecule has 1 aliphatic heterocycles. The summed E-state index contributed by atoms with van der Waals surface area (Å²) in [7, 11) is 0. The number of carbonyl (C=O) groups is 1. The molecule has 1 N–H and O–H groups in total. The number of benzene rings is 1. The lowest BCUT2D eigenvalue weighted by atomic mass is 10.1. The molecule has 1 saturated heterocycles. The Morgan fingerprint density at radius 1 is 1.14 bits per heavy atom. The lowest BCUT2D eigenvalue weighted by Gasteiger charge is -2.40. The molecule has 6 nitrogen and oxygen atoms in total. The molecule has 1 fully saturated rings. The zero-order valence-corrected chi connectivity index (χ0v) is 15.0. The first-order valence-electron chi connectivity index (χ1n) is 8.76. The van der Waals surface area contributed by atoms with Gasteiger partial charge in [0, 0.05) is 32.2 Å². The standard InChI is InChI=1S/C19H20F3N3O3/c20-19(21,22)16-7-4-8-17(23-16)28-13-15-12-25(18(26)27)10-9-24(15)11-14-5-2-1-3-6-14/h1-8,15H,9-13H2,(H,26,27)/t15-/m0/s1. The maximum atomic E-state index is 12.8. The highest BCUT2D eigenvalue weighted by atomic mass is 19.4. The monoisotopic (exact) mass is 395 g/mol. The summed E-state index contributed by atoms with van der Waals surface area (Å²) in [6.45, 7) is 1.70. The molecule has 1 amide bonds. The summed E-state index contributed by atoms with van der Waals surface area (Å²) < 4.78 is 43.9. The van der Waals surface area contributed by atoms with Crippen LogP contribution in [-0.2, 0) is 12.7 Å². The Bertz CT molecular complexity index is 802. The first-order valence-corrected chi connectivity index (χ1v) is 8.76. The number of piperazine rings is 1. The van der Waals surface area contributed by atoms with Gasteiger partial charge in [0.1, 0.15) is 12.3 Å². The van der Waals surface area contributed by atoms with Gasteiger partial charge in [0.15, 0.2) is 0 Å². The average Bonchev–Trinajstić information content (AvgIpc) is 2.67. The molecule has 150 valence electrons. The number of rotatable bonds is 5. The van der Waals surface area contributed by atoms with Gasteiger partial charge in [0.25, 0.3) is 0 Å². The third-order valence-corrected chi connectivity index (χ3v) is 4.54. The minimum Gasteiger partial charge on any atom is -0.476 e. The number of hydrogen-bond donors (Lipinski definition) is 1. The van der Waals surface area contributed by atoms with Crippen LogP contribution in [0.5, 0.6) is 5.88 Å². The number of pyridine rings is 1. The van der Waals surface area contributed by atoms with E-state index in [2.05, 4.69) is 9.88 Å². The van der Waals surface area contributed by atoms with E-state index in [1.54, 1.807) is 0 Å². The number of nitrogens with zero attached hydrogens (tertiary/aromatic N) is 3. The molecule has 1 aromatic carbocycles. The van der Waals surface area contributed by atoms with E-state index in [0.29, 0.717) is 19.6 Å². The van der Waals surface area contributed by atoms with E-state index >= 15 is 0 Å². The van der Waals surface area contributed by atoms with Crippen molar-refractivity contribution < 1.29 is 27.8 Å². The number of amides is 1. The number of halogens is 3. The van der Waals surface area contributed by atoms with Gasteiger partial charge in [0.2, 0.25) is 5.88 Å². The second-order valence-corrected chi connectivity index (χ2v) is 6.51. The van der Waals surface area contributed by atoms with Crippen molar-refractivity contribution in [3.63, 3.8) is 0 Å². The second kappa shape index (κ2) is 8.47. The lowest BCUT2D eigenvalue weighted by Crippen LogP contribution is -2.56. The normalized spacial score (nSPS) is 18.1. The van der Waals surface area contributed by atoms with E-state index in [9.17, 15) is 23.1 Å². The molecular weight excluding hydrogens is 375 g/mol. The van der Waals surface area contributed by atoms with Crippen molar-refractivity contribution in [1.29, 1.82) is 0 Å². The molecule has 28 heavy (non-hydrogen) atoms. The Morgan fingerprint density at radius 2 is 1.89 bits per heavy atom. The first kappa shape index (κ1) is 19.9. The Kier molecular flexibility index (Phi) is 6.03. The molecule has 1 aliphatic rings. The molecule has 0 bridgehead atoms. The molecular formula is C19H20F3N3O3. The number of alkyl halides is 3. The van der Waals surface area contributed by atoms with Gasteiger partial charge in [-0.15, -0.1) is 0 Å². The molecule has 2 heterocycles. The van der Waals surface area contributed by atoms with Gasteiger partial charge in [-0.3, -0.25) is 4.90 Å². The summed E-state index contributed by atoms with van der Waals surface area (Å²) in [6, 6.07) is 12.8. The summed E-state index contributed by atoms with van der Waals surface area (Å²) in [6.07, 6.45) is -5.58. The topological polar surface area (TPSA) is 65.9 Å². The van der Waals surface area contributed by atoms with Crippen LogP contribution in [0, 0.1) is 0 Å². The zero-order valence-electron chi connectivity index (χ0n) is 15.0. The van der Waals surface area contributed by atoms with Crippen LogP contribution >= 0.6 is 0 Å². The van der Waals surface area contributed by atoms with Crippen LogP contribution in [-0.4, -0.2) is 58.3 Å². The van der Waals surface area contributed by atoms with Crippen LogP contribution in [0.15, 0.2) is 48.5 Å². The summed E-state index contributed by atoms with van der Waals surface area (Å²) in [4.78, 5) is 18.2. The summed E-state index contributed by atoms with van der Waals surface area (Å²) in [5.74, 6) is -0.137. The smallest absolute Gasteiger partial charge is 0.433 e. The second-order valence-electron chi connectivity index (χ2n) is 6.51. The van der Waals surface area contributed by atoms with E-state index in [0.717, 1.165) is 11.6 Å². The highest BCUT2D eigenvalue weighted by Gasteiger charge is 2.33. The minimum atomic E-state index is -4.55. The van der Waals surface area contributed by atoms with Crippen molar-refractivity contribution >= 4 is 6.09 Å². The predicted molar refractivity (Wildman–Crippen MR) is 95.0 cm³/mol. The Morgan fingerprint density at radius 3 is 2.57 bits per heavy atom. The Hall–Kier alpha value is -2.81. The molecule has 0 radical (unpaired) electrons. The van der Waals surface area contributed by atoms with Gasteiger partial charge in [-0.1, -0.05) is 36.4 Å². The predicted octanol–water partition coefficient (Wildman–Crippen LogP) is 3.34. The molecule has 1 aromatic heterocycles. The number of ether oxygens (including phenoxy) is 1. The van der Waals surface area contributed by atoms with E-state index < -0.39 is 18.0 Å². The zero-order chi connectivity index (χ0) is 20.1. The molecule has 0 aliphatic carbocycles.